The predicted molar refractivity (Wildman–Crippen MR) is 522 cm³/mol. The fourth-order valence-corrected chi connectivity index (χ4v) is 13.9. The monoisotopic (exact) mass is 2430 g/mol. The zero-order chi connectivity index (χ0) is 89.3. The van der Waals surface area contributed by atoms with Crippen LogP contribution >= 0.6 is 0 Å². The molecule has 10 nitrogen and oxygen atoms in total. The fraction of sp³-hybridized carbons (Fsp3) is 0.162. The molecule has 4 radical (unpaired) electrons. The molecule has 9 heterocycles. The van der Waals surface area contributed by atoms with E-state index in [0.29, 0.717) is 30.6 Å². The Kier molecular flexibility index (Phi) is 42.4. The molecule has 8 aromatic heterocycles. The Labute approximate surface area is 828 Å². The van der Waals surface area contributed by atoms with Crippen molar-refractivity contribution in [2.45, 2.75) is 114 Å². The van der Waals surface area contributed by atoms with Crippen molar-refractivity contribution >= 4 is 27.7 Å². The Morgan fingerprint density at radius 3 is 1.34 bits per heavy atom. The molecule has 0 bridgehead atoms. The molecule has 0 amide bonds. The van der Waals surface area contributed by atoms with Gasteiger partial charge in [-0.2, -0.15) is 4.57 Å². The number of rotatable bonds is 14. The second-order valence-electron chi connectivity index (χ2n) is 33.1. The van der Waals surface area contributed by atoms with E-state index in [1.165, 1.54) is 67.4 Å². The number of furan rings is 1. The van der Waals surface area contributed by atoms with Gasteiger partial charge < -0.3 is 39.4 Å². The smallest absolute Gasteiger partial charge is 0.213 e. The number of nitrogens with zero attached hydrogens (tertiary/aromatic N) is 7. The first-order valence-electron chi connectivity index (χ1n) is 43.2. The maximum Gasteiger partial charge on any atom is 0.213 e. The Balaban J connectivity index is 0.000000185. The van der Waals surface area contributed by atoms with Crippen LogP contribution in [0.2, 0.25) is 0 Å². The van der Waals surface area contributed by atoms with Crippen molar-refractivity contribution in [3.8, 4) is 101 Å². The summed E-state index contributed by atoms with van der Waals surface area (Å²) in [7, 11) is 0. The minimum atomic E-state index is 0. The minimum Gasteiger partial charge on any atom is -0.512 e. The maximum atomic E-state index is 11.2. The van der Waals surface area contributed by atoms with E-state index < -0.39 is 0 Å². The van der Waals surface area contributed by atoms with Crippen molar-refractivity contribution in [3.63, 3.8) is 0 Å². The standard InChI is InChI=1S/C20H16NO.C18H14N.C17H12N.C16H18N.2C12H10N.C11H8N.C11H20O2.4Ir/c1-13(2)14-7-5-8-15-16-9-6-10-17(20(16)22-19(14)15)18-11-3-4-12-21-18;1-14-7-9-15(10-8-14)17-11-12-19-18(13-17)16-5-3-2-4-6-16;1-3-7-14(8-4-1)16-11-12-17(18-13-16)15-9-5-2-6-10-15;1-16(2,3)13-8-9-17-11-12-6-4-5-7-14(12)15(17)10-13;2*1-10-7-8-12(13-9-10)11-5-3-2-4-6-11;1-2-6-10(7-3-1)11-8-4-5-9-12-11;1-8(2)5-10(12)7-11(13)6-9(3)4;;;;/h3-9,11-13H,1-2H3;2-5,7-13H,1H3;1-9,11-13H;4-10H,11H2,1-3H3;2*2-5,7-9H,1H3;1-6,8-9H;7-9,12H,5-6H2,1-4H3;;;;/q3*-1;+1;3*-1;;;;;. The summed E-state index contributed by atoms with van der Waals surface area (Å²) in [6.07, 6.45) is 15.8. The van der Waals surface area contributed by atoms with Crippen LogP contribution in [0.5, 0.6) is 0 Å². The molecule has 131 heavy (non-hydrogen) atoms. The number of para-hydroxylation sites is 1. The number of aromatic nitrogens is 7. The van der Waals surface area contributed by atoms with Crippen LogP contribution in [0.15, 0.2) is 387 Å². The second kappa shape index (κ2) is 53.2. The number of benzene rings is 10. The number of aliphatic hydroxyl groups excluding tert-OH is 1. The Bertz CT molecular complexity index is 6260. The average Bonchev–Trinajstić information content (AvgIpc) is 1.61. The summed E-state index contributed by atoms with van der Waals surface area (Å²) in [4.78, 5) is 37.4. The van der Waals surface area contributed by atoms with E-state index in [-0.39, 0.29) is 97.4 Å². The summed E-state index contributed by atoms with van der Waals surface area (Å²) < 4.78 is 8.59. The van der Waals surface area contributed by atoms with E-state index in [9.17, 15) is 9.90 Å². The van der Waals surface area contributed by atoms with E-state index in [2.05, 4.69) is 240 Å². The van der Waals surface area contributed by atoms with Crippen molar-refractivity contribution in [3.05, 3.63) is 453 Å². The predicted octanol–water partition coefficient (Wildman–Crippen LogP) is 29.0. The molecule has 0 aliphatic carbocycles. The first-order valence-corrected chi connectivity index (χ1v) is 43.2. The van der Waals surface area contributed by atoms with E-state index >= 15 is 0 Å². The van der Waals surface area contributed by atoms with Gasteiger partial charge in [-0.25, -0.2) is 0 Å². The quantitative estimate of drug-likeness (QED) is 0.0489. The first-order chi connectivity index (χ1) is 61.7. The zero-order valence-electron chi connectivity index (χ0n) is 75.9. The molecule has 0 atom stereocenters. The molecule has 0 saturated heterocycles. The number of allylic oxidation sites excluding steroid dienone is 2. The van der Waals surface area contributed by atoms with Gasteiger partial charge in [-0.05, 0) is 147 Å². The summed E-state index contributed by atoms with van der Waals surface area (Å²) in [5, 5.41) is 11.6. The van der Waals surface area contributed by atoms with E-state index in [1.54, 1.807) is 12.4 Å². The summed E-state index contributed by atoms with van der Waals surface area (Å²) in [5.74, 6) is 1.40. The first kappa shape index (κ1) is 104. The number of pyridine rings is 7. The van der Waals surface area contributed by atoms with Gasteiger partial charge in [-0.1, -0.05) is 237 Å². The van der Waals surface area contributed by atoms with Crippen LogP contribution in [0.1, 0.15) is 114 Å². The third-order valence-corrected chi connectivity index (χ3v) is 20.6. The van der Waals surface area contributed by atoms with Crippen LogP contribution in [0.4, 0.5) is 0 Å². The summed E-state index contributed by atoms with van der Waals surface area (Å²) >= 11 is 0. The number of ketones is 1. The SMILES string of the molecule is CC(C)(C)c1cc[n+]2c(c1)-c1ccccc1C2.CC(C)CC(=O)C=C(O)CC(C)C.CC(C)c1cccc2c1oc1c(-c3ccccn3)[c-]ccc12.Cc1ccc(-c2[c-]cccc2)nc1.Cc1ccc(-c2[c-]cccc2)nc1.Cc1ccc(-c2ccnc(-c3[c-]cccc3)c2)cc1.[Ir].[Ir].[Ir].[Ir].[c-]1ccccc1-c1ccc(-c2ccccc2)cn1.[c-]1ccccc1-c1ccccn1. The molecular formula is C117H108Ir4N7O3-5. The number of carbonyl (C=O) groups is 1. The zero-order valence-corrected chi connectivity index (χ0v) is 85.5. The van der Waals surface area contributed by atoms with Crippen LogP contribution in [0.3, 0.4) is 0 Å². The number of carbonyl (C=O) groups excluding carboxylic acids is 1. The third-order valence-electron chi connectivity index (χ3n) is 20.6. The number of aryl methyl sites for hydroxylation is 3. The molecule has 0 saturated carbocycles. The fourth-order valence-electron chi connectivity index (χ4n) is 13.9. The van der Waals surface area contributed by atoms with Crippen LogP contribution < -0.4 is 4.57 Å². The Morgan fingerprint density at radius 1 is 0.397 bits per heavy atom. The molecule has 670 valence electrons. The topological polar surface area (TPSA) is 132 Å². The molecular weight excluding hydrogens is 2320 g/mol. The molecule has 0 spiro atoms. The van der Waals surface area contributed by atoms with Crippen LogP contribution in [-0.2, 0) is 97.2 Å². The van der Waals surface area contributed by atoms with Crippen molar-refractivity contribution in [2.24, 2.45) is 11.8 Å². The van der Waals surface area contributed by atoms with Gasteiger partial charge in [0.25, 0.3) is 0 Å². The minimum absolute atomic E-state index is 0. The summed E-state index contributed by atoms with van der Waals surface area (Å²) in [5.41, 5.74) is 29.0. The molecule has 10 aromatic carbocycles. The molecule has 14 heteroatoms. The molecule has 19 rings (SSSR count). The van der Waals surface area contributed by atoms with E-state index in [1.807, 2.05) is 273 Å². The number of hydrogen-bond acceptors (Lipinski definition) is 9. The Hall–Kier alpha value is -12.1. The average molecular weight is 2430 g/mol. The second-order valence-corrected chi connectivity index (χ2v) is 33.1. The number of aliphatic hydroxyl groups is 1. The molecule has 0 fully saturated rings. The van der Waals surface area contributed by atoms with Gasteiger partial charge in [0.15, 0.2) is 18.5 Å². The van der Waals surface area contributed by atoms with Gasteiger partial charge in [-0.3, -0.25) is 4.79 Å². The molecule has 0 unspecified atom stereocenters. The van der Waals surface area contributed by atoms with Crippen LogP contribution in [0, 0.1) is 69.0 Å². The molecule has 1 aliphatic rings. The largest absolute Gasteiger partial charge is 0.512 e. The van der Waals surface area contributed by atoms with Gasteiger partial charge in [-0.15, -0.1) is 198 Å². The Morgan fingerprint density at radius 2 is 0.855 bits per heavy atom. The third kappa shape index (κ3) is 31.6. The van der Waals surface area contributed by atoms with Gasteiger partial charge in [0.1, 0.15) is 5.58 Å². The molecule has 1 N–H and O–H groups in total. The van der Waals surface area contributed by atoms with Crippen molar-refractivity contribution in [1.82, 2.24) is 29.9 Å². The van der Waals surface area contributed by atoms with Gasteiger partial charge in [0, 0.05) is 160 Å². The van der Waals surface area contributed by atoms with Gasteiger partial charge in [0.2, 0.25) is 5.69 Å². The number of fused-ring (bicyclic) bond motifs is 6. The molecule has 1 aliphatic heterocycles. The molecule has 18 aromatic rings. The van der Waals surface area contributed by atoms with Crippen molar-refractivity contribution < 1.29 is 99.3 Å². The van der Waals surface area contributed by atoms with Gasteiger partial charge >= 0.3 is 0 Å². The van der Waals surface area contributed by atoms with Crippen molar-refractivity contribution in [2.75, 3.05) is 0 Å². The normalized spacial score (nSPS) is 10.7. The van der Waals surface area contributed by atoms with E-state index in [0.717, 1.165) is 102 Å². The van der Waals surface area contributed by atoms with E-state index in [4.69, 9.17) is 4.42 Å². The van der Waals surface area contributed by atoms with Crippen LogP contribution in [-0.4, -0.2) is 40.8 Å². The van der Waals surface area contributed by atoms with Gasteiger partial charge in [0.05, 0.1) is 16.9 Å². The van der Waals surface area contributed by atoms with Crippen LogP contribution in [0.25, 0.3) is 123 Å². The summed E-state index contributed by atoms with van der Waals surface area (Å²) in [6, 6.07) is 129. The maximum absolute atomic E-state index is 11.2. The summed E-state index contributed by atoms with van der Waals surface area (Å²) in [6.45, 7) is 26.3. The number of hydrogen-bond donors (Lipinski definition) is 1. The van der Waals surface area contributed by atoms with Crippen molar-refractivity contribution in [1.29, 1.82) is 0 Å².